The Bertz CT molecular complexity index is 621. The Hall–Kier alpha value is -2.49. The zero-order chi connectivity index (χ0) is 15.4. The van der Waals surface area contributed by atoms with Gasteiger partial charge in [0, 0.05) is 17.7 Å². The molecule has 0 aromatic heterocycles. The molecule has 4 nitrogen and oxygen atoms in total. The van der Waals surface area contributed by atoms with E-state index < -0.39 is 17.3 Å². The van der Waals surface area contributed by atoms with Gasteiger partial charge in [0.05, 0.1) is 0 Å². The second-order valence-corrected chi connectivity index (χ2v) is 4.99. The summed E-state index contributed by atoms with van der Waals surface area (Å²) < 4.78 is 0. The molecule has 0 bridgehead atoms. The van der Waals surface area contributed by atoms with Crippen molar-refractivity contribution in [3.8, 4) is 17.2 Å². The van der Waals surface area contributed by atoms with Gasteiger partial charge in [0.25, 0.3) is 0 Å². The predicted molar refractivity (Wildman–Crippen MR) is 79.9 cm³/mol. The maximum absolute atomic E-state index is 12.3. The van der Waals surface area contributed by atoms with Crippen LogP contribution >= 0.6 is 0 Å². The summed E-state index contributed by atoms with van der Waals surface area (Å²) in [4.78, 5) is 12.3. The van der Waals surface area contributed by atoms with Crippen molar-refractivity contribution in [2.24, 2.45) is 0 Å². The zero-order valence-corrected chi connectivity index (χ0v) is 11.8. The second-order valence-electron chi connectivity index (χ2n) is 4.99. The molecule has 2 rings (SSSR count). The normalized spacial score (nSPS) is 10.5. The van der Waals surface area contributed by atoms with Crippen molar-refractivity contribution < 1.29 is 20.1 Å². The first kappa shape index (κ1) is 14.9. The molecule has 0 heterocycles. The number of phenols is 3. The van der Waals surface area contributed by atoms with Crippen molar-refractivity contribution in [1.29, 1.82) is 0 Å². The largest absolute Gasteiger partial charge is 0.508 e. The molecule has 0 saturated carbocycles. The summed E-state index contributed by atoms with van der Waals surface area (Å²) in [5, 5.41) is 28.7. The van der Waals surface area contributed by atoms with E-state index in [0.717, 1.165) is 37.0 Å². The van der Waals surface area contributed by atoms with Crippen LogP contribution in [0.2, 0.25) is 0 Å². The average Bonchev–Trinajstić information content (AvgIpc) is 2.44. The molecule has 4 heteroatoms. The molecule has 0 spiro atoms. The highest BCUT2D eigenvalue weighted by molar-refractivity contribution is 6.12. The van der Waals surface area contributed by atoms with Crippen LogP contribution < -0.4 is 0 Å². The predicted octanol–water partition coefficient (Wildman–Crippen LogP) is 3.38. The van der Waals surface area contributed by atoms with Crippen molar-refractivity contribution in [1.82, 2.24) is 0 Å². The van der Waals surface area contributed by atoms with Gasteiger partial charge in [0.2, 0.25) is 5.78 Å². The molecule has 0 aliphatic rings. The van der Waals surface area contributed by atoms with Crippen LogP contribution in [0.15, 0.2) is 36.4 Å². The van der Waals surface area contributed by atoms with Crippen LogP contribution in [0.1, 0.15) is 41.3 Å². The number of rotatable bonds is 5. The Morgan fingerprint density at radius 1 is 1.00 bits per heavy atom. The van der Waals surface area contributed by atoms with Crippen LogP contribution in [0.4, 0.5) is 0 Å². The minimum atomic E-state index is -0.480. The van der Waals surface area contributed by atoms with Gasteiger partial charge in [-0.05, 0) is 18.4 Å². The number of hydrogen-bond acceptors (Lipinski definition) is 4. The lowest BCUT2D eigenvalue weighted by Crippen LogP contribution is -2.02. The van der Waals surface area contributed by atoms with E-state index in [1.807, 2.05) is 12.1 Å². The number of aromatic hydroxyl groups is 3. The maximum atomic E-state index is 12.3. The lowest BCUT2D eigenvalue weighted by Gasteiger charge is -2.08. The topological polar surface area (TPSA) is 77.8 Å². The standard InChI is InChI=1S/C17H18O4/c1-2-3-4-11-5-7-12(8-6-11)17(21)16-14(19)9-13(18)10-15(16)20/h5-10,18-20H,2-4H2,1H3. The zero-order valence-electron chi connectivity index (χ0n) is 11.8. The summed E-state index contributed by atoms with van der Waals surface area (Å²) in [5.41, 5.74) is 1.33. The number of unbranched alkanes of at least 4 members (excludes halogenated alkanes) is 1. The van der Waals surface area contributed by atoms with E-state index in [-0.39, 0.29) is 11.3 Å². The minimum Gasteiger partial charge on any atom is -0.508 e. The third-order valence-corrected chi connectivity index (χ3v) is 3.34. The third-order valence-electron chi connectivity index (χ3n) is 3.34. The number of carbonyl (C=O) groups is 1. The van der Waals surface area contributed by atoms with Crippen LogP contribution in [-0.4, -0.2) is 21.1 Å². The first-order valence-corrected chi connectivity index (χ1v) is 6.91. The Kier molecular flexibility index (Phi) is 4.48. The van der Waals surface area contributed by atoms with Crippen LogP contribution in [-0.2, 0) is 6.42 Å². The van der Waals surface area contributed by atoms with Gasteiger partial charge < -0.3 is 15.3 Å². The lowest BCUT2D eigenvalue weighted by molar-refractivity contribution is 0.103. The minimum absolute atomic E-state index is 0.200. The Balaban J connectivity index is 2.28. The van der Waals surface area contributed by atoms with Gasteiger partial charge in [-0.15, -0.1) is 0 Å². The molecule has 0 unspecified atom stereocenters. The molecule has 0 amide bonds. The monoisotopic (exact) mass is 286 g/mol. The third kappa shape index (κ3) is 3.34. The van der Waals surface area contributed by atoms with Crippen LogP contribution in [0.25, 0.3) is 0 Å². The Morgan fingerprint density at radius 2 is 1.57 bits per heavy atom. The van der Waals surface area contributed by atoms with Gasteiger partial charge in [-0.2, -0.15) is 0 Å². The van der Waals surface area contributed by atoms with E-state index in [9.17, 15) is 20.1 Å². The highest BCUT2D eigenvalue weighted by Gasteiger charge is 2.19. The summed E-state index contributed by atoms with van der Waals surface area (Å²) in [5.74, 6) is -1.65. The van der Waals surface area contributed by atoms with Crippen molar-refractivity contribution >= 4 is 5.78 Å². The van der Waals surface area contributed by atoms with E-state index in [2.05, 4.69) is 6.92 Å². The van der Waals surface area contributed by atoms with Crippen LogP contribution in [0.3, 0.4) is 0 Å². The molecule has 3 N–H and O–H groups in total. The molecule has 110 valence electrons. The van der Waals surface area contributed by atoms with Crippen molar-refractivity contribution in [2.45, 2.75) is 26.2 Å². The fourth-order valence-electron chi connectivity index (χ4n) is 2.18. The highest BCUT2D eigenvalue weighted by atomic mass is 16.3. The summed E-state index contributed by atoms with van der Waals surface area (Å²) in [6.07, 6.45) is 3.16. The van der Waals surface area contributed by atoms with Crippen LogP contribution in [0, 0.1) is 0 Å². The van der Waals surface area contributed by atoms with E-state index in [0.29, 0.717) is 5.56 Å². The molecular formula is C17H18O4. The van der Waals surface area contributed by atoms with Gasteiger partial charge in [-0.3, -0.25) is 4.79 Å². The summed E-state index contributed by atoms with van der Waals surface area (Å²) in [6, 6.07) is 9.16. The number of aryl methyl sites for hydroxylation is 1. The quantitative estimate of drug-likeness (QED) is 0.736. The second kappa shape index (κ2) is 6.31. The van der Waals surface area contributed by atoms with E-state index in [1.165, 1.54) is 0 Å². The van der Waals surface area contributed by atoms with Gasteiger partial charge in [-0.1, -0.05) is 37.6 Å². The van der Waals surface area contributed by atoms with Crippen molar-refractivity contribution in [2.75, 3.05) is 0 Å². The Labute approximate surface area is 123 Å². The molecule has 0 fully saturated rings. The summed E-state index contributed by atoms with van der Waals surface area (Å²) in [6.45, 7) is 2.12. The van der Waals surface area contributed by atoms with Gasteiger partial charge >= 0.3 is 0 Å². The summed E-state index contributed by atoms with van der Waals surface area (Å²) >= 11 is 0. The first-order chi connectivity index (χ1) is 10.0. The average molecular weight is 286 g/mol. The number of benzene rings is 2. The Morgan fingerprint density at radius 3 is 2.10 bits per heavy atom. The van der Waals surface area contributed by atoms with Crippen molar-refractivity contribution in [3.05, 3.63) is 53.1 Å². The SMILES string of the molecule is CCCCc1ccc(C(=O)c2c(O)cc(O)cc2O)cc1. The highest BCUT2D eigenvalue weighted by Crippen LogP contribution is 2.33. The smallest absolute Gasteiger partial charge is 0.200 e. The number of ketones is 1. The molecule has 21 heavy (non-hydrogen) atoms. The molecule has 0 radical (unpaired) electrons. The van der Waals surface area contributed by atoms with Crippen LogP contribution in [0.5, 0.6) is 17.2 Å². The number of hydrogen-bond donors (Lipinski definition) is 3. The van der Waals surface area contributed by atoms with Crippen molar-refractivity contribution in [3.63, 3.8) is 0 Å². The fraction of sp³-hybridized carbons (Fsp3) is 0.235. The number of carbonyl (C=O) groups excluding carboxylic acids is 1. The molecular weight excluding hydrogens is 268 g/mol. The van der Waals surface area contributed by atoms with Gasteiger partial charge in [0.15, 0.2) is 0 Å². The number of phenolic OH excluding ortho intramolecular Hbond substituents is 3. The van der Waals surface area contributed by atoms with E-state index in [4.69, 9.17) is 0 Å². The molecule has 0 aliphatic heterocycles. The lowest BCUT2D eigenvalue weighted by atomic mass is 9.99. The van der Waals surface area contributed by atoms with Gasteiger partial charge in [-0.25, -0.2) is 0 Å². The maximum Gasteiger partial charge on any atom is 0.200 e. The molecule has 0 atom stereocenters. The first-order valence-electron chi connectivity index (χ1n) is 6.91. The molecule has 0 aliphatic carbocycles. The molecule has 2 aromatic carbocycles. The van der Waals surface area contributed by atoms with Gasteiger partial charge in [0.1, 0.15) is 22.8 Å². The van der Waals surface area contributed by atoms with E-state index in [1.54, 1.807) is 12.1 Å². The molecule has 0 saturated heterocycles. The van der Waals surface area contributed by atoms with E-state index >= 15 is 0 Å². The molecule has 2 aromatic rings. The summed E-state index contributed by atoms with van der Waals surface area (Å²) in [7, 11) is 0. The fourth-order valence-corrected chi connectivity index (χ4v) is 2.18.